The van der Waals surface area contributed by atoms with Crippen LogP contribution in [0.3, 0.4) is 0 Å². The van der Waals surface area contributed by atoms with E-state index in [2.05, 4.69) is 48.5 Å². The van der Waals surface area contributed by atoms with Gasteiger partial charge in [-0.3, -0.25) is 10.1 Å². The predicted molar refractivity (Wildman–Crippen MR) is 87.0 cm³/mol. The van der Waals surface area contributed by atoms with Crippen molar-refractivity contribution >= 4 is 17.2 Å². The van der Waals surface area contributed by atoms with Crippen LogP contribution in [0.2, 0.25) is 0 Å². The summed E-state index contributed by atoms with van der Waals surface area (Å²) in [6, 6.07) is 4.18. The molecule has 1 saturated carbocycles. The Labute approximate surface area is 131 Å². The number of hydrogen-bond donors (Lipinski definition) is 1. The molecule has 0 aromatic carbocycles. The summed E-state index contributed by atoms with van der Waals surface area (Å²) in [4.78, 5) is 16.2. The average Bonchev–Trinajstić information content (AvgIpc) is 3.13. The minimum Gasteiger partial charge on any atom is -0.320 e. The van der Waals surface area contributed by atoms with Crippen LogP contribution in [0.25, 0.3) is 0 Å². The number of carbonyl (C=O) groups is 1. The maximum absolute atomic E-state index is 12.8. The fraction of sp³-hybridized carbons (Fsp3) is 0.706. The van der Waals surface area contributed by atoms with Crippen molar-refractivity contribution in [2.24, 2.45) is 17.8 Å². The van der Waals surface area contributed by atoms with Gasteiger partial charge >= 0.3 is 0 Å². The first-order chi connectivity index (χ1) is 10.1. The lowest BCUT2D eigenvalue weighted by atomic mass is 9.97. The monoisotopic (exact) mass is 306 g/mol. The molecule has 0 radical (unpaired) electrons. The summed E-state index contributed by atoms with van der Waals surface area (Å²) in [6.07, 6.45) is 3.99. The largest absolute Gasteiger partial charge is 0.320 e. The fourth-order valence-electron chi connectivity index (χ4n) is 3.74. The average molecular weight is 306 g/mol. The van der Waals surface area contributed by atoms with Crippen LogP contribution >= 0.6 is 11.3 Å². The lowest BCUT2D eigenvalue weighted by Crippen LogP contribution is -2.37. The van der Waals surface area contributed by atoms with Crippen LogP contribution < -0.4 is 5.32 Å². The smallest absolute Gasteiger partial charge is 0.241 e. The Morgan fingerprint density at radius 1 is 1.43 bits per heavy atom. The zero-order valence-corrected chi connectivity index (χ0v) is 14.0. The van der Waals surface area contributed by atoms with Crippen molar-refractivity contribution in [1.82, 2.24) is 10.2 Å². The van der Waals surface area contributed by atoms with Crippen molar-refractivity contribution in [2.45, 2.75) is 52.2 Å². The van der Waals surface area contributed by atoms with Gasteiger partial charge in [0.05, 0.1) is 6.04 Å². The highest BCUT2D eigenvalue weighted by molar-refractivity contribution is 7.10. The van der Waals surface area contributed by atoms with E-state index in [0.717, 1.165) is 12.5 Å². The summed E-state index contributed by atoms with van der Waals surface area (Å²) in [6.45, 7) is 7.51. The summed E-state index contributed by atoms with van der Waals surface area (Å²) in [5.74, 6) is 2.05. The van der Waals surface area contributed by atoms with Gasteiger partial charge in [-0.1, -0.05) is 39.7 Å². The molecule has 3 rings (SSSR count). The molecule has 1 aromatic heterocycles. The van der Waals surface area contributed by atoms with Gasteiger partial charge in [0.15, 0.2) is 0 Å². The predicted octanol–water partition coefficient (Wildman–Crippen LogP) is 3.64. The lowest BCUT2D eigenvalue weighted by Gasteiger charge is -2.28. The Morgan fingerprint density at radius 2 is 2.24 bits per heavy atom. The Morgan fingerprint density at radius 3 is 2.81 bits per heavy atom. The molecule has 1 amide bonds. The zero-order valence-electron chi connectivity index (χ0n) is 13.2. The van der Waals surface area contributed by atoms with Crippen LogP contribution in [0, 0.1) is 17.8 Å². The molecule has 0 bridgehead atoms. The number of nitrogens with one attached hydrogen (secondary N) is 1. The van der Waals surface area contributed by atoms with Crippen LogP contribution in [0.4, 0.5) is 0 Å². The van der Waals surface area contributed by atoms with Gasteiger partial charge in [-0.2, -0.15) is 0 Å². The molecule has 2 aliphatic rings. The van der Waals surface area contributed by atoms with Gasteiger partial charge in [0.2, 0.25) is 5.91 Å². The quantitative estimate of drug-likeness (QED) is 0.921. The molecule has 3 nitrogen and oxygen atoms in total. The molecule has 1 aromatic rings. The minimum absolute atomic E-state index is 0.0335. The van der Waals surface area contributed by atoms with Gasteiger partial charge < -0.3 is 4.90 Å². The number of hydrogen-bond acceptors (Lipinski definition) is 3. The topological polar surface area (TPSA) is 32.3 Å². The highest BCUT2D eigenvalue weighted by Gasteiger charge is 2.42. The molecule has 1 N–H and O–H groups in total. The number of rotatable bonds is 4. The van der Waals surface area contributed by atoms with Crippen molar-refractivity contribution in [3.63, 3.8) is 0 Å². The first-order valence-corrected chi connectivity index (χ1v) is 9.06. The highest BCUT2D eigenvalue weighted by atomic mass is 32.1. The van der Waals surface area contributed by atoms with Gasteiger partial charge in [0.25, 0.3) is 0 Å². The molecule has 1 aliphatic carbocycles. The molecule has 1 saturated heterocycles. The van der Waals surface area contributed by atoms with Crippen molar-refractivity contribution in [3.05, 3.63) is 22.4 Å². The van der Waals surface area contributed by atoms with E-state index in [4.69, 9.17) is 0 Å². The van der Waals surface area contributed by atoms with E-state index >= 15 is 0 Å². The minimum atomic E-state index is -0.0335. The molecule has 2 heterocycles. The summed E-state index contributed by atoms with van der Waals surface area (Å²) in [7, 11) is 0. The zero-order chi connectivity index (χ0) is 15.0. The third kappa shape index (κ3) is 2.88. The Kier molecular flexibility index (Phi) is 4.36. The number of amides is 1. The van der Waals surface area contributed by atoms with Crippen molar-refractivity contribution in [3.8, 4) is 0 Å². The Hall–Kier alpha value is -0.870. The first-order valence-electron chi connectivity index (χ1n) is 8.18. The van der Waals surface area contributed by atoms with E-state index in [1.165, 1.54) is 24.1 Å². The van der Waals surface area contributed by atoms with E-state index < -0.39 is 0 Å². The lowest BCUT2D eigenvalue weighted by molar-refractivity contribution is -0.131. The van der Waals surface area contributed by atoms with E-state index in [1.54, 1.807) is 11.3 Å². The number of nitrogens with zero attached hydrogens (tertiary/aromatic N) is 1. The first kappa shape index (κ1) is 15.0. The number of thiophene rings is 1. The molecular formula is C17H26N2OS. The van der Waals surface area contributed by atoms with Gasteiger partial charge in [0, 0.05) is 11.4 Å². The standard InChI is InChI=1S/C17H26N2OS/c1-11(2)15-17(20)19(10-13-7-4-6-12(13)3)16(18-15)14-8-5-9-21-14/h5,8-9,11-13,15-16,18H,4,6-7,10H2,1-3H3. The second kappa shape index (κ2) is 6.09. The SMILES string of the molecule is CC(C)C1NC(c2cccs2)N(CC2CCCC2C)C1=O. The van der Waals surface area contributed by atoms with E-state index in [9.17, 15) is 4.79 Å². The fourth-order valence-corrected chi connectivity index (χ4v) is 4.53. The van der Waals surface area contributed by atoms with Crippen LogP contribution in [0.1, 0.15) is 51.1 Å². The van der Waals surface area contributed by atoms with Gasteiger partial charge in [-0.05, 0) is 35.6 Å². The van der Waals surface area contributed by atoms with Crippen LogP contribution in [-0.2, 0) is 4.79 Å². The molecule has 4 unspecified atom stereocenters. The third-order valence-corrected chi connectivity index (χ3v) is 6.07. The van der Waals surface area contributed by atoms with Crippen LogP contribution in [0.5, 0.6) is 0 Å². The molecule has 4 heteroatoms. The van der Waals surface area contributed by atoms with E-state index in [-0.39, 0.29) is 12.2 Å². The molecule has 1 aliphatic heterocycles. The van der Waals surface area contributed by atoms with Crippen molar-refractivity contribution in [2.75, 3.05) is 6.54 Å². The maximum atomic E-state index is 12.8. The second-order valence-electron chi connectivity index (χ2n) is 6.97. The molecule has 4 atom stereocenters. The summed E-state index contributed by atoms with van der Waals surface area (Å²) in [5.41, 5.74) is 0. The van der Waals surface area contributed by atoms with Gasteiger partial charge in [-0.15, -0.1) is 11.3 Å². The summed E-state index contributed by atoms with van der Waals surface area (Å²) in [5, 5.41) is 5.67. The molecule has 116 valence electrons. The number of carbonyl (C=O) groups excluding carboxylic acids is 1. The molecule has 2 fully saturated rings. The van der Waals surface area contributed by atoms with Crippen molar-refractivity contribution in [1.29, 1.82) is 0 Å². The van der Waals surface area contributed by atoms with Gasteiger partial charge in [0.1, 0.15) is 6.17 Å². The molecule has 0 spiro atoms. The second-order valence-corrected chi connectivity index (χ2v) is 7.94. The summed E-state index contributed by atoms with van der Waals surface area (Å²) >= 11 is 1.74. The van der Waals surface area contributed by atoms with Crippen LogP contribution in [-0.4, -0.2) is 23.4 Å². The molecular weight excluding hydrogens is 280 g/mol. The normalized spacial score (nSPS) is 33.3. The van der Waals surface area contributed by atoms with E-state index in [1.807, 2.05) is 0 Å². The molecule has 21 heavy (non-hydrogen) atoms. The van der Waals surface area contributed by atoms with Gasteiger partial charge in [-0.25, -0.2) is 0 Å². The maximum Gasteiger partial charge on any atom is 0.241 e. The van der Waals surface area contributed by atoms with Crippen molar-refractivity contribution < 1.29 is 4.79 Å². The van der Waals surface area contributed by atoms with Crippen LogP contribution in [0.15, 0.2) is 17.5 Å². The third-order valence-electron chi connectivity index (χ3n) is 5.15. The summed E-state index contributed by atoms with van der Waals surface area (Å²) < 4.78 is 0. The Bertz CT molecular complexity index is 485. The highest BCUT2D eigenvalue weighted by Crippen LogP contribution is 2.36. The Balaban J connectivity index is 1.81. The van der Waals surface area contributed by atoms with E-state index in [0.29, 0.717) is 17.7 Å².